The molecule has 80 valence electrons. The van der Waals surface area contributed by atoms with Crippen LogP contribution in [0.3, 0.4) is 0 Å². The van der Waals surface area contributed by atoms with E-state index in [1.165, 1.54) is 0 Å². The van der Waals surface area contributed by atoms with Gasteiger partial charge in [0.2, 0.25) is 0 Å². The Morgan fingerprint density at radius 3 is 2.79 bits per heavy atom. The molecule has 0 bridgehead atoms. The summed E-state index contributed by atoms with van der Waals surface area (Å²) in [4.78, 5) is 3.94. The molecule has 0 radical (unpaired) electrons. The van der Waals surface area contributed by atoms with E-state index >= 15 is 0 Å². The minimum absolute atomic E-state index is 0.0130. The highest BCUT2D eigenvalue weighted by atomic mass is 32.2. The molecule has 3 unspecified atom stereocenters. The zero-order valence-electron chi connectivity index (χ0n) is 7.12. The lowest BCUT2D eigenvalue weighted by Crippen LogP contribution is -2.43. The minimum atomic E-state index is -4.23. The first-order chi connectivity index (χ1) is 6.48. The molecule has 2 aliphatic heterocycles. The average Bonchev–Trinajstić information content (AvgIpc) is 2.47. The summed E-state index contributed by atoms with van der Waals surface area (Å²) < 4.78 is 42.7. The highest BCUT2D eigenvalue weighted by Crippen LogP contribution is 2.42. The summed E-state index contributed by atoms with van der Waals surface area (Å²) >= 11 is 0.592. The van der Waals surface area contributed by atoms with Gasteiger partial charge in [-0.2, -0.15) is 13.2 Å². The number of alkyl halides is 3. The summed E-state index contributed by atoms with van der Waals surface area (Å²) in [5, 5.41) is -1.45. The van der Waals surface area contributed by atoms with Crippen LogP contribution in [0.2, 0.25) is 0 Å². The maximum absolute atomic E-state index is 12.6. The fourth-order valence-electron chi connectivity index (χ4n) is 1.70. The largest absolute Gasteiger partial charge is 0.401 e. The summed E-state index contributed by atoms with van der Waals surface area (Å²) in [6.45, 7) is 0.372. The highest BCUT2D eigenvalue weighted by molar-refractivity contribution is 8.14. The van der Waals surface area contributed by atoms with Crippen molar-refractivity contribution in [1.82, 2.24) is 0 Å². The van der Waals surface area contributed by atoms with Gasteiger partial charge in [-0.1, -0.05) is 11.8 Å². The van der Waals surface area contributed by atoms with E-state index in [9.17, 15) is 13.2 Å². The van der Waals surface area contributed by atoms with Crippen LogP contribution in [0.4, 0.5) is 13.2 Å². The monoisotopic (exact) mass is 226 g/mol. The molecule has 0 spiro atoms. The third-order valence-electron chi connectivity index (χ3n) is 2.35. The summed E-state index contributed by atoms with van der Waals surface area (Å²) in [6, 6.07) is -0.414. The molecule has 0 aliphatic carbocycles. The first-order valence-electron chi connectivity index (χ1n) is 4.13. The van der Waals surface area contributed by atoms with Gasteiger partial charge in [-0.25, -0.2) is 0 Å². The molecule has 3 nitrogen and oxygen atoms in total. The Labute approximate surface area is 82.9 Å². The van der Waals surface area contributed by atoms with Gasteiger partial charge in [0.15, 0.2) is 5.17 Å². The quantitative estimate of drug-likeness (QED) is 0.670. The molecule has 1 fully saturated rings. The van der Waals surface area contributed by atoms with E-state index < -0.39 is 23.4 Å². The zero-order valence-corrected chi connectivity index (χ0v) is 7.94. The summed E-state index contributed by atoms with van der Waals surface area (Å²) in [7, 11) is 0. The predicted molar refractivity (Wildman–Crippen MR) is 47.2 cm³/mol. The van der Waals surface area contributed by atoms with Crippen LogP contribution in [-0.2, 0) is 4.74 Å². The molecule has 0 aromatic heterocycles. The van der Waals surface area contributed by atoms with Crippen molar-refractivity contribution in [3.63, 3.8) is 0 Å². The van der Waals surface area contributed by atoms with Crippen molar-refractivity contribution in [2.24, 2.45) is 16.6 Å². The molecule has 2 rings (SSSR count). The van der Waals surface area contributed by atoms with Crippen LogP contribution in [0.15, 0.2) is 4.99 Å². The second kappa shape index (κ2) is 3.30. The molecule has 0 aromatic carbocycles. The first-order valence-corrected chi connectivity index (χ1v) is 5.01. The fraction of sp³-hybridized carbons (Fsp3) is 0.857. The maximum Gasteiger partial charge on any atom is 0.401 e. The predicted octanol–water partition coefficient (Wildman–Crippen LogP) is 0.994. The molecule has 3 atom stereocenters. The van der Waals surface area contributed by atoms with Crippen LogP contribution in [-0.4, -0.2) is 35.8 Å². The van der Waals surface area contributed by atoms with Crippen LogP contribution in [0.1, 0.15) is 0 Å². The third-order valence-corrected chi connectivity index (χ3v) is 3.56. The van der Waals surface area contributed by atoms with Gasteiger partial charge < -0.3 is 10.5 Å². The van der Waals surface area contributed by atoms with Gasteiger partial charge in [0.25, 0.3) is 0 Å². The number of halogens is 3. The number of ether oxygens (including phenoxy) is 1. The first kappa shape index (κ1) is 10.1. The Hall–Kier alpha value is -0.430. The van der Waals surface area contributed by atoms with E-state index in [1.807, 2.05) is 0 Å². The number of hydrogen-bond donors (Lipinski definition) is 1. The molecule has 0 saturated carbocycles. The smallest absolute Gasteiger partial charge is 0.379 e. The SMILES string of the molecule is NC1=NC2COCC2C(C(F)(F)F)S1. The Morgan fingerprint density at radius 2 is 2.14 bits per heavy atom. The highest BCUT2D eigenvalue weighted by Gasteiger charge is 2.52. The Balaban J connectivity index is 2.23. The van der Waals surface area contributed by atoms with E-state index in [0.29, 0.717) is 11.8 Å². The van der Waals surface area contributed by atoms with E-state index in [1.54, 1.807) is 0 Å². The molecule has 0 aromatic rings. The molecule has 2 heterocycles. The topological polar surface area (TPSA) is 47.6 Å². The number of hydrogen-bond acceptors (Lipinski definition) is 4. The lowest BCUT2D eigenvalue weighted by atomic mass is 9.99. The molecule has 7 heteroatoms. The zero-order chi connectivity index (χ0) is 10.3. The number of aliphatic imine (C=N–C) groups is 1. The van der Waals surface area contributed by atoms with Gasteiger partial charge in [0.1, 0.15) is 5.25 Å². The number of amidine groups is 1. The summed E-state index contributed by atoms with van der Waals surface area (Å²) in [6.07, 6.45) is -4.23. The van der Waals surface area contributed by atoms with Crippen molar-refractivity contribution in [1.29, 1.82) is 0 Å². The standard InChI is InChI=1S/C7H9F3N2OS/c8-7(9,10)5-3-1-13-2-4(3)12-6(11)14-5/h3-5H,1-2H2,(H2,11,12). The molecule has 2 N–H and O–H groups in total. The van der Waals surface area contributed by atoms with Crippen LogP contribution in [0.25, 0.3) is 0 Å². The van der Waals surface area contributed by atoms with Crippen LogP contribution in [0, 0.1) is 5.92 Å². The Kier molecular flexibility index (Phi) is 2.38. The molecule has 1 saturated heterocycles. The molecule has 0 amide bonds. The van der Waals surface area contributed by atoms with Gasteiger partial charge >= 0.3 is 6.18 Å². The number of nitrogens with two attached hydrogens (primary N) is 1. The second-order valence-electron chi connectivity index (χ2n) is 3.32. The lowest BCUT2D eigenvalue weighted by molar-refractivity contribution is -0.138. The van der Waals surface area contributed by atoms with Gasteiger partial charge in [-0.15, -0.1) is 0 Å². The van der Waals surface area contributed by atoms with Crippen LogP contribution >= 0.6 is 11.8 Å². The number of rotatable bonds is 0. The minimum Gasteiger partial charge on any atom is -0.379 e. The third kappa shape index (κ3) is 1.70. The van der Waals surface area contributed by atoms with Crippen LogP contribution in [0.5, 0.6) is 0 Å². The van der Waals surface area contributed by atoms with E-state index in [2.05, 4.69) is 4.99 Å². The molecular formula is C7H9F3N2OS. The Bertz CT molecular complexity index is 268. The van der Waals surface area contributed by atoms with Crippen LogP contribution < -0.4 is 5.73 Å². The lowest BCUT2D eigenvalue weighted by Gasteiger charge is -2.30. The van der Waals surface area contributed by atoms with Crippen molar-refractivity contribution in [3.05, 3.63) is 0 Å². The number of thioether (sulfide) groups is 1. The fourth-order valence-corrected chi connectivity index (χ4v) is 2.73. The van der Waals surface area contributed by atoms with Crippen molar-refractivity contribution in [3.8, 4) is 0 Å². The van der Waals surface area contributed by atoms with Crippen molar-refractivity contribution in [2.75, 3.05) is 13.2 Å². The summed E-state index contributed by atoms with van der Waals surface area (Å²) in [5.74, 6) is -0.577. The van der Waals surface area contributed by atoms with Crippen molar-refractivity contribution < 1.29 is 17.9 Å². The number of fused-ring (bicyclic) bond motifs is 1. The number of nitrogens with zero attached hydrogens (tertiary/aromatic N) is 1. The Morgan fingerprint density at radius 1 is 1.43 bits per heavy atom. The second-order valence-corrected chi connectivity index (χ2v) is 4.48. The molecular weight excluding hydrogens is 217 g/mol. The normalized spacial score (nSPS) is 37.9. The van der Waals surface area contributed by atoms with Gasteiger partial charge in [0.05, 0.1) is 19.3 Å². The van der Waals surface area contributed by atoms with Gasteiger partial charge in [-0.3, -0.25) is 4.99 Å². The van der Waals surface area contributed by atoms with E-state index in [-0.39, 0.29) is 18.4 Å². The van der Waals surface area contributed by atoms with E-state index in [0.717, 1.165) is 0 Å². The average molecular weight is 226 g/mol. The van der Waals surface area contributed by atoms with Crippen molar-refractivity contribution >= 4 is 16.9 Å². The van der Waals surface area contributed by atoms with Crippen molar-refractivity contribution in [2.45, 2.75) is 17.5 Å². The van der Waals surface area contributed by atoms with Gasteiger partial charge in [-0.05, 0) is 0 Å². The van der Waals surface area contributed by atoms with E-state index in [4.69, 9.17) is 10.5 Å². The summed E-state index contributed by atoms with van der Waals surface area (Å²) in [5.41, 5.74) is 5.34. The maximum atomic E-state index is 12.6. The molecule has 2 aliphatic rings. The van der Waals surface area contributed by atoms with Gasteiger partial charge in [0, 0.05) is 5.92 Å². The molecule has 14 heavy (non-hydrogen) atoms.